The van der Waals surface area contributed by atoms with Crippen LogP contribution in [0, 0.1) is 0 Å². The minimum atomic E-state index is -0.258. The highest BCUT2D eigenvalue weighted by molar-refractivity contribution is 14.1. The Bertz CT molecular complexity index is 110. The van der Waals surface area contributed by atoms with Gasteiger partial charge in [-0.3, -0.25) is 0 Å². The third-order valence-electron chi connectivity index (χ3n) is 0.648. The molecule has 0 aromatic rings. The van der Waals surface area contributed by atoms with Crippen molar-refractivity contribution >= 4 is 28.6 Å². The lowest BCUT2D eigenvalue weighted by Gasteiger charge is -1.95. The van der Waals surface area contributed by atoms with Gasteiger partial charge in [0.1, 0.15) is 0 Å². The van der Waals surface area contributed by atoms with Gasteiger partial charge >= 0.3 is 5.97 Å². The van der Waals surface area contributed by atoms with Gasteiger partial charge in [-0.25, -0.2) is 4.79 Å². The summed E-state index contributed by atoms with van der Waals surface area (Å²) < 4.78 is 6.34. The molecule has 2 nitrogen and oxygen atoms in total. The number of carbonyl (C=O) groups excluding carboxylic acids is 1. The van der Waals surface area contributed by atoms with Gasteiger partial charge in [0.25, 0.3) is 0 Å². The molecule has 3 heteroatoms. The maximum atomic E-state index is 10.5. The molecule has 0 spiro atoms. The molecule has 0 saturated carbocycles. The van der Waals surface area contributed by atoms with Gasteiger partial charge in [-0.1, -0.05) is 29.5 Å². The van der Waals surface area contributed by atoms with Crippen LogP contribution in [0.2, 0.25) is 0 Å². The largest absolute Gasteiger partial charge is 0.463 e. The predicted molar refractivity (Wildman–Crippen MR) is 44.4 cm³/mol. The highest BCUT2D eigenvalue weighted by Gasteiger charge is 1.91. The van der Waals surface area contributed by atoms with Crippen LogP contribution in [0.5, 0.6) is 0 Å². The lowest BCUT2D eigenvalue weighted by Crippen LogP contribution is -2.00. The normalized spacial score (nSPS) is 10.0. The molecule has 0 aromatic carbocycles. The van der Waals surface area contributed by atoms with Crippen molar-refractivity contribution in [1.29, 1.82) is 0 Å². The van der Waals surface area contributed by atoms with Crippen LogP contribution in [-0.4, -0.2) is 12.6 Å². The van der Waals surface area contributed by atoms with E-state index in [0.29, 0.717) is 6.61 Å². The number of carbonyl (C=O) groups is 1. The fourth-order valence-corrected chi connectivity index (χ4v) is 0.596. The molecule has 0 radical (unpaired) electrons. The SMILES string of the molecule is CCCOC(=O)C=CI. The molecule has 0 fully saturated rings. The van der Waals surface area contributed by atoms with Crippen molar-refractivity contribution in [3.63, 3.8) is 0 Å². The number of esters is 1. The van der Waals surface area contributed by atoms with Crippen molar-refractivity contribution in [3.05, 3.63) is 10.2 Å². The van der Waals surface area contributed by atoms with Crippen LogP contribution >= 0.6 is 22.6 Å². The monoisotopic (exact) mass is 240 g/mol. The molecule has 0 bridgehead atoms. The van der Waals surface area contributed by atoms with Crippen LogP contribution in [-0.2, 0) is 9.53 Å². The molecule has 0 unspecified atom stereocenters. The molecule has 0 aliphatic rings. The van der Waals surface area contributed by atoms with Gasteiger partial charge in [-0.05, 0) is 10.5 Å². The topological polar surface area (TPSA) is 26.3 Å². The molecular formula is C6H9IO2. The summed E-state index contributed by atoms with van der Waals surface area (Å²) in [5, 5.41) is 0. The highest BCUT2D eigenvalue weighted by atomic mass is 127. The van der Waals surface area contributed by atoms with Gasteiger partial charge < -0.3 is 4.74 Å². The third-order valence-corrected chi connectivity index (χ3v) is 1.01. The summed E-state index contributed by atoms with van der Waals surface area (Å²) in [6.07, 6.45) is 2.27. The fraction of sp³-hybridized carbons (Fsp3) is 0.500. The van der Waals surface area contributed by atoms with Crippen molar-refractivity contribution in [2.75, 3.05) is 6.61 Å². The molecule has 9 heavy (non-hydrogen) atoms. The number of rotatable bonds is 3. The molecule has 0 rings (SSSR count). The van der Waals surface area contributed by atoms with Crippen LogP contribution in [0.25, 0.3) is 0 Å². The van der Waals surface area contributed by atoms with Crippen molar-refractivity contribution < 1.29 is 9.53 Å². The maximum absolute atomic E-state index is 10.5. The zero-order valence-corrected chi connectivity index (χ0v) is 7.42. The molecule has 0 heterocycles. The lowest BCUT2D eigenvalue weighted by molar-refractivity contribution is -0.137. The zero-order valence-electron chi connectivity index (χ0n) is 5.26. The van der Waals surface area contributed by atoms with Crippen LogP contribution in [0.4, 0.5) is 0 Å². The second-order valence-electron chi connectivity index (χ2n) is 1.46. The lowest BCUT2D eigenvalue weighted by atomic mass is 10.5. The Hall–Kier alpha value is -0.0600. The smallest absolute Gasteiger partial charge is 0.331 e. The van der Waals surface area contributed by atoms with Crippen molar-refractivity contribution in [1.82, 2.24) is 0 Å². The maximum Gasteiger partial charge on any atom is 0.331 e. The van der Waals surface area contributed by atoms with Gasteiger partial charge in [-0.2, -0.15) is 0 Å². The van der Waals surface area contributed by atoms with Gasteiger partial charge in [-0.15, -0.1) is 0 Å². The van der Waals surface area contributed by atoms with Crippen molar-refractivity contribution in [2.45, 2.75) is 13.3 Å². The minimum absolute atomic E-state index is 0.258. The number of halogens is 1. The summed E-state index contributed by atoms with van der Waals surface area (Å²) in [6.45, 7) is 2.47. The average molecular weight is 240 g/mol. The molecular weight excluding hydrogens is 231 g/mol. The van der Waals surface area contributed by atoms with E-state index in [9.17, 15) is 4.79 Å². The number of hydrogen-bond donors (Lipinski definition) is 0. The number of ether oxygens (including phenoxy) is 1. The Balaban J connectivity index is 3.27. The predicted octanol–water partition coefficient (Wildman–Crippen LogP) is 1.89. The van der Waals surface area contributed by atoms with E-state index in [1.807, 2.05) is 29.5 Å². The zero-order chi connectivity index (χ0) is 7.11. The van der Waals surface area contributed by atoms with Gasteiger partial charge in [0.05, 0.1) is 6.61 Å². The first-order chi connectivity index (χ1) is 4.31. The third kappa shape index (κ3) is 5.82. The molecule has 0 N–H and O–H groups in total. The van der Waals surface area contributed by atoms with Gasteiger partial charge in [0.2, 0.25) is 0 Å². The van der Waals surface area contributed by atoms with Crippen molar-refractivity contribution in [3.8, 4) is 0 Å². The van der Waals surface area contributed by atoms with E-state index in [2.05, 4.69) is 0 Å². The van der Waals surface area contributed by atoms with Crippen LogP contribution < -0.4 is 0 Å². The molecule has 0 aromatic heterocycles. The number of hydrogen-bond acceptors (Lipinski definition) is 2. The Morgan fingerprint density at radius 3 is 2.89 bits per heavy atom. The Morgan fingerprint density at radius 1 is 1.78 bits per heavy atom. The second-order valence-corrected chi connectivity index (χ2v) is 2.18. The van der Waals surface area contributed by atoms with Gasteiger partial charge in [0.15, 0.2) is 0 Å². The first-order valence-electron chi connectivity index (χ1n) is 2.74. The average Bonchev–Trinajstić information content (AvgIpc) is 1.85. The summed E-state index contributed by atoms with van der Waals surface area (Å²) >= 11 is 1.97. The van der Waals surface area contributed by atoms with Crippen LogP contribution in [0.15, 0.2) is 10.2 Å². The Kier molecular flexibility index (Phi) is 6.03. The van der Waals surface area contributed by atoms with E-state index in [-0.39, 0.29) is 5.97 Å². The quantitative estimate of drug-likeness (QED) is 0.427. The Labute approximate surface area is 68.4 Å². The highest BCUT2D eigenvalue weighted by Crippen LogP contribution is 1.88. The van der Waals surface area contributed by atoms with E-state index >= 15 is 0 Å². The first kappa shape index (κ1) is 8.94. The van der Waals surface area contributed by atoms with Gasteiger partial charge in [0, 0.05) is 6.08 Å². The summed E-state index contributed by atoms with van der Waals surface area (Å²) in [6, 6.07) is 0. The standard InChI is InChI=1S/C6H9IO2/c1-2-5-9-6(8)3-4-7/h3-4H,2,5H2,1H3. The fourth-order valence-electron chi connectivity index (χ4n) is 0.302. The first-order valence-corrected chi connectivity index (χ1v) is 3.99. The van der Waals surface area contributed by atoms with E-state index < -0.39 is 0 Å². The van der Waals surface area contributed by atoms with E-state index in [4.69, 9.17) is 4.74 Å². The Morgan fingerprint density at radius 2 is 2.44 bits per heavy atom. The summed E-state index contributed by atoms with van der Waals surface area (Å²) in [7, 11) is 0. The van der Waals surface area contributed by atoms with E-state index in [0.717, 1.165) is 6.42 Å². The van der Waals surface area contributed by atoms with E-state index in [1.165, 1.54) is 6.08 Å². The van der Waals surface area contributed by atoms with Crippen LogP contribution in [0.1, 0.15) is 13.3 Å². The molecule has 0 aliphatic carbocycles. The van der Waals surface area contributed by atoms with Crippen LogP contribution in [0.3, 0.4) is 0 Å². The molecule has 0 atom stereocenters. The summed E-state index contributed by atoms with van der Waals surface area (Å²) in [5.74, 6) is -0.258. The molecule has 0 aliphatic heterocycles. The molecule has 52 valence electrons. The summed E-state index contributed by atoms with van der Waals surface area (Å²) in [5.41, 5.74) is 0. The van der Waals surface area contributed by atoms with Crippen molar-refractivity contribution in [2.24, 2.45) is 0 Å². The van der Waals surface area contributed by atoms with E-state index in [1.54, 1.807) is 4.08 Å². The minimum Gasteiger partial charge on any atom is -0.463 e. The molecule has 0 saturated heterocycles. The second kappa shape index (κ2) is 6.07. The molecule has 0 amide bonds. The summed E-state index contributed by atoms with van der Waals surface area (Å²) in [4.78, 5) is 10.5.